The lowest BCUT2D eigenvalue weighted by molar-refractivity contribution is -0.126. The number of para-hydroxylation sites is 1. The Balaban J connectivity index is 0.000000584. The van der Waals surface area contributed by atoms with Gasteiger partial charge in [-0.25, -0.2) is 0 Å². The second-order valence-electron chi connectivity index (χ2n) is 11.8. The summed E-state index contributed by atoms with van der Waals surface area (Å²) in [5.41, 5.74) is 3.50. The minimum absolute atomic E-state index is 0.0145. The Hall–Kier alpha value is -3.32. The van der Waals surface area contributed by atoms with Crippen molar-refractivity contribution in [2.45, 2.75) is 99.1 Å². The van der Waals surface area contributed by atoms with Crippen LogP contribution in [0.15, 0.2) is 60.7 Å². The van der Waals surface area contributed by atoms with Gasteiger partial charge in [-0.1, -0.05) is 82.2 Å². The SMILES string of the molecule is C=C(C)C(NCCOc1ccccc1CCC(C)NC(=O)CNC(=O)CC)C1CC1.CCC(C)C.Cc1ccc(O)cc1. The molecular formula is C36H57N3O4. The van der Waals surface area contributed by atoms with Gasteiger partial charge >= 0.3 is 0 Å². The molecule has 0 saturated heterocycles. The van der Waals surface area contributed by atoms with Crippen LogP contribution in [-0.2, 0) is 16.0 Å². The van der Waals surface area contributed by atoms with Crippen molar-refractivity contribution in [2.75, 3.05) is 19.7 Å². The number of carbonyl (C=O) groups is 2. The molecule has 7 nitrogen and oxygen atoms in total. The zero-order valence-electron chi connectivity index (χ0n) is 27.7. The largest absolute Gasteiger partial charge is 0.508 e. The van der Waals surface area contributed by atoms with E-state index in [-0.39, 0.29) is 24.4 Å². The van der Waals surface area contributed by atoms with Gasteiger partial charge in [0.25, 0.3) is 0 Å². The van der Waals surface area contributed by atoms with Gasteiger partial charge in [0.2, 0.25) is 11.8 Å². The van der Waals surface area contributed by atoms with Gasteiger partial charge in [0, 0.05) is 25.0 Å². The van der Waals surface area contributed by atoms with Gasteiger partial charge in [-0.15, -0.1) is 0 Å². The monoisotopic (exact) mass is 595 g/mol. The van der Waals surface area contributed by atoms with Crippen LogP contribution in [0.1, 0.15) is 84.8 Å². The number of aromatic hydroxyl groups is 1. The first-order chi connectivity index (χ1) is 20.5. The van der Waals surface area contributed by atoms with Crippen molar-refractivity contribution in [3.05, 3.63) is 71.8 Å². The molecule has 0 bridgehead atoms. The van der Waals surface area contributed by atoms with Gasteiger partial charge in [0.05, 0.1) is 6.54 Å². The lowest BCUT2D eigenvalue weighted by Crippen LogP contribution is -2.40. The number of benzene rings is 2. The van der Waals surface area contributed by atoms with E-state index in [4.69, 9.17) is 9.84 Å². The maximum atomic E-state index is 11.9. The van der Waals surface area contributed by atoms with Crippen molar-refractivity contribution in [2.24, 2.45) is 11.8 Å². The van der Waals surface area contributed by atoms with E-state index in [1.165, 1.54) is 30.4 Å². The van der Waals surface area contributed by atoms with E-state index >= 15 is 0 Å². The topological polar surface area (TPSA) is 99.7 Å². The molecule has 2 unspecified atom stereocenters. The Bertz CT molecular complexity index is 1060. The van der Waals surface area contributed by atoms with Crippen molar-refractivity contribution >= 4 is 11.8 Å². The van der Waals surface area contributed by atoms with Crippen LogP contribution in [0, 0.1) is 18.8 Å². The fourth-order valence-corrected chi connectivity index (χ4v) is 4.02. The van der Waals surface area contributed by atoms with Crippen molar-refractivity contribution in [1.82, 2.24) is 16.0 Å². The molecule has 1 aliphatic carbocycles. The van der Waals surface area contributed by atoms with Crippen molar-refractivity contribution in [3.63, 3.8) is 0 Å². The zero-order chi connectivity index (χ0) is 32.2. The van der Waals surface area contributed by atoms with Gasteiger partial charge in [-0.2, -0.15) is 0 Å². The number of ether oxygens (including phenoxy) is 1. The Labute approximate surface area is 260 Å². The summed E-state index contributed by atoms with van der Waals surface area (Å²) < 4.78 is 6.03. The van der Waals surface area contributed by atoms with Crippen LogP contribution < -0.4 is 20.7 Å². The molecule has 0 spiro atoms. The second-order valence-corrected chi connectivity index (χ2v) is 11.8. The van der Waals surface area contributed by atoms with Crippen molar-refractivity contribution in [1.29, 1.82) is 0 Å². The van der Waals surface area contributed by atoms with Crippen LogP contribution in [0.3, 0.4) is 0 Å². The fourth-order valence-electron chi connectivity index (χ4n) is 4.02. The van der Waals surface area contributed by atoms with Crippen LogP contribution in [-0.4, -0.2) is 48.7 Å². The van der Waals surface area contributed by atoms with E-state index < -0.39 is 0 Å². The van der Waals surface area contributed by atoms with Gasteiger partial charge in [0.1, 0.15) is 18.1 Å². The maximum Gasteiger partial charge on any atom is 0.239 e. The first-order valence-corrected chi connectivity index (χ1v) is 15.9. The lowest BCUT2D eigenvalue weighted by Gasteiger charge is -2.19. The summed E-state index contributed by atoms with van der Waals surface area (Å²) in [5, 5.41) is 17.8. The third kappa shape index (κ3) is 18.1. The molecule has 2 aromatic carbocycles. The molecule has 1 aliphatic rings. The van der Waals surface area contributed by atoms with Crippen molar-refractivity contribution in [3.8, 4) is 11.5 Å². The number of rotatable bonds is 15. The number of hydrogen-bond donors (Lipinski definition) is 4. The minimum atomic E-state index is -0.164. The summed E-state index contributed by atoms with van der Waals surface area (Å²) in [7, 11) is 0. The summed E-state index contributed by atoms with van der Waals surface area (Å²) in [5.74, 6) is 2.56. The first-order valence-electron chi connectivity index (χ1n) is 15.9. The number of nitrogens with one attached hydrogen (secondary N) is 3. The first kappa shape index (κ1) is 37.7. The number of hydrogen-bond acceptors (Lipinski definition) is 5. The Kier molecular flexibility index (Phi) is 18.7. The molecule has 7 heteroatoms. The normalized spacial score (nSPS) is 13.4. The number of phenols is 1. The Morgan fingerprint density at radius 1 is 1.02 bits per heavy atom. The molecule has 1 fully saturated rings. The Morgan fingerprint density at radius 3 is 2.19 bits per heavy atom. The van der Waals surface area contributed by atoms with E-state index in [1.54, 1.807) is 19.1 Å². The molecule has 43 heavy (non-hydrogen) atoms. The maximum absolute atomic E-state index is 11.9. The third-order valence-electron chi connectivity index (χ3n) is 7.19. The average molecular weight is 596 g/mol. The summed E-state index contributed by atoms with van der Waals surface area (Å²) >= 11 is 0. The molecule has 2 aromatic rings. The number of aryl methyl sites for hydroxylation is 2. The third-order valence-corrected chi connectivity index (χ3v) is 7.19. The number of phenolic OH excluding ortho intramolecular Hbond substituents is 1. The molecule has 2 atom stereocenters. The van der Waals surface area contributed by atoms with Crippen LogP contribution in [0.5, 0.6) is 11.5 Å². The van der Waals surface area contributed by atoms with Crippen molar-refractivity contribution < 1.29 is 19.4 Å². The quantitative estimate of drug-likeness (QED) is 0.135. The standard InChI is InChI=1S/C24H37N3O3.C7H8O.C5H12/c1-5-22(28)26-16-23(29)27-18(4)10-11-19-8-6-7-9-21(19)30-15-14-25-24(17(2)3)20-12-13-20;1-6-2-4-7(8)5-3-6;1-4-5(2)3/h6-9,18,20,24-25H,2,5,10-16H2,1,3-4H3,(H,26,28)(H,27,29);2-5,8H,1H3;5H,4H2,1-3H3. The average Bonchev–Trinajstić information content (AvgIpc) is 3.82. The van der Waals surface area contributed by atoms with Gasteiger partial charge < -0.3 is 25.8 Å². The highest BCUT2D eigenvalue weighted by Gasteiger charge is 2.31. The van der Waals surface area contributed by atoms with Crippen LogP contribution in [0.4, 0.5) is 0 Å². The highest BCUT2D eigenvalue weighted by molar-refractivity contribution is 5.84. The highest BCUT2D eigenvalue weighted by Crippen LogP contribution is 2.35. The summed E-state index contributed by atoms with van der Waals surface area (Å²) in [6, 6.07) is 15.6. The van der Waals surface area contributed by atoms with E-state index in [1.807, 2.05) is 44.2 Å². The predicted molar refractivity (Wildman–Crippen MR) is 178 cm³/mol. The molecule has 0 aromatic heterocycles. The van der Waals surface area contributed by atoms with Crippen LogP contribution >= 0.6 is 0 Å². The minimum Gasteiger partial charge on any atom is -0.508 e. The smallest absolute Gasteiger partial charge is 0.239 e. The highest BCUT2D eigenvalue weighted by atomic mass is 16.5. The molecule has 1 saturated carbocycles. The number of amides is 2. The molecule has 4 N–H and O–H groups in total. The van der Waals surface area contributed by atoms with Gasteiger partial charge in [0.15, 0.2) is 0 Å². The van der Waals surface area contributed by atoms with E-state index in [0.717, 1.165) is 42.5 Å². The van der Waals surface area contributed by atoms with Gasteiger partial charge in [-0.05, 0) is 82.1 Å². The number of carbonyl (C=O) groups excluding carboxylic acids is 2. The molecule has 0 aliphatic heterocycles. The van der Waals surface area contributed by atoms with E-state index in [0.29, 0.717) is 24.8 Å². The summed E-state index contributed by atoms with van der Waals surface area (Å²) in [6.07, 6.45) is 5.86. The lowest BCUT2D eigenvalue weighted by atomic mass is 10.1. The molecule has 2 amide bonds. The molecule has 0 heterocycles. The second kappa shape index (κ2) is 21.4. The zero-order valence-corrected chi connectivity index (χ0v) is 27.7. The molecular weight excluding hydrogens is 538 g/mol. The van der Waals surface area contributed by atoms with Crippen LogP contribution in [0.25, 0.3) is 0 Å². The van der Waals surface area contributed by atoms with E-state index in [9.17, 15) is 9.59 Å². The van der Waals surface area contributed by atoms with Gasteiger partial charge in [-0.3, -0.25) is 9.59 Å². The summed E-state index contributed by atoms with van der Waals surface area (Å²) in [4.78, 5) is 23.2. The molecule has 3 rings (SSSR count). The molecule has 0 radical (unpaired) electrons. The Morgan fingerprint density at radius 2 is 1.65 bits per heavy atom. The predicted octanol–water partition coefficient (Wildman–Crippen LogP) is 6.73. The van der Waals surface area contributed by atoms with Crippen LogP contribution in [0.2, 0.25) is 0 Å². The fraction of sp³-hybridized carbons (Fsp3) is 0.556. The molecule has 240 valence electrons. The summed E-state index contributed by atoms with van der Waals surface area (Å²) in [6.45, 7) is 20.0. The van der Waals surface area contributed by atoms with E-state index in [2.05, 4.69) is 56.3 Å².